The van der Waals surface area contributed by atoms with Gasteiger partial charge in [0.25, 0.3) is 0 Å². The van der Waals surface area contributed by atoms with E-state index in [1.807, 2.05) is 19.1 Å². The van der Waals surface area contributed by atoms with Crippen LogP contribution in [0.15, 0.2) is 18.2 Å². The fraction of sp³-hybridized carbons (Fsp3) is 0.455. The van der Waals surface area contributed by atoms with Crippen molar-refractivity contribution in [3.63, 3.8) is 0 Å². The van der Waals surface area contributed by atoms with Crippen LogP contribution in [0, 0.1) is 12.3 Å². The van der Waals surface area contributed by atoms with Crippen molar-refractivity contribution in [2.45, 2.75) is 20.8 Å². The molecular weight excluding hydrogens is 174 g/mol. The molecule has 74 valence electrons. The Kier molecular flexibility index (Phi) is 3.47. The van der Waals surface area contributed by atoms with Crippen LogP contribution in [-0.4, -0.2) is 13.1 Å². The van der Waals surface area contributed by atoms with Gasteiger partial charge in [-0.05, 0) is 32.9 Å². The molecule has 3 heteroatoms. The number of hydrogen-bond acceptors (Lipinski definition) is 2. The largest absolute Gasteiger partial charge is 0.389 e. The molecule has 0 bridgehead atoms. The Bertz CT molecular complexity index is 348. The summed E-state index contributed by atoms with van der Waals surface area (Å²) in [4.78, 5) is 5.47. The summed E-state index contributed by atoms with van der Waals surface area (Å²) in [7, 11) is 0. The van der Waals surface area contributed by atoms with Gasteiger partial charge in [0.1, 0.15) is 0 Å². The van der Waals surface area contributed by atoms with Crippen LogP contribution < -0.4 is 4.90 Å². The van der Waals surface area contributed by atoms with Crippen LogP contribution in [0.1, 0.15) is 19.4 Å². The first-order valence-electron chi connectivity index (χ1n) is 4.93. The molecule has 0 heterocycles. The fourth-order valence-corrected chi connectivity index (χ4v) is 1.49. The van der Waals surface area contributed by atoms with Crippen molar-refractivity contribution in [1.29, 1.82) is 5.39 Å². The first-order valence-corrected chi connectivity index (χ1v) is 4.93. The predicted molar refractivity (Wildman–Crippen MR) is 59.5 cm³/mol. The number of aryl methyl sites for hydroxylation is 1. The number of nitrogens with zero attached hydrogens (tertiary/aromatic N) is 3. The van der Waals surface area contributed by atoms with Crippen molar-refractivity contribution >= 4 is 11.4 Å². The van der Waals surface area contributed by atoms with Crippen LogP contribution in [0.2, 0.25) is 0 Å². The van der Waals surface area contributed by atoms with E-state index in [9.17, 15) is 0 Å². The quantitative estimate of drug-likeness (QED) is 0.684. The Balaban J connectivity index is 3.06. The van der Waals surface area contributed by atoms with Crippen LogP contribution in [0.3, 0.4) is 0 Å². The smallest absolute Gasteiger partial charge is 0.372 e. The molecule has 0 aliphatic rings. The van der Waals surface area contributed by atoms with Crippen LogP contribution in [-0.2, 0) is 0 Å². The van der Waals surface area contributed by atoms with Gasteiger partial charge >= 0.3 is 5.69 Å². The number of diazo groups is 1. The molecule has 0 saturated carbocycles. The molecule has 3 nitrogen and oxygen atoms in total. The van der Waals surface area contributed by atoms with E-state index in [0.29, 0.717) is 5.69 Å². The average molecular weight is 190 g/mol. The molecule has 1 aromatic carbocycles. The van der Waals surface area contributed by atoms with Crippen LogP contribution in [0.25, 0.3) is 4.98 Å². The summed E-state index contributed by atoms with van der Waals surface area (Å²) in [5.74, 6) is 0. The minimum atomic E-state index is 0.648. The van der Waals surface area contributed by atoms with Gasteiger partial charge in [-0.1, -0.05) is 0 Å². The Labute approximate surface area is 85.0 Å². The molecule has 0 aliphatic heterocycles. The third-order valence-corrected chi connectivity index (χ3v) is 2.43. The van der Waals surface area contributed by atoms with Gasteiger partial charge in [-0.3, -0.25) is 0 Å². The lowest BCUT2D eigenvalue weighted by Crippen LogP contribution is -2.21. The minimum Gasteiger partial charge on any atom is -0.372 e. The summed E-state index contributed by atoms with van der Waals surface area (Å²) in [6.45, 7) is 8.08. The Morgan fingerprint density at radius 1 is 1.29 bits per heavy atom. The van der Waals surface area contributed by atoms with E-state index in [0.717, 1.165) is 24.3 Å². The van der Waals surface area contributed by atoms with Crippen molar-refractivity contribution in [1.82, 2.24) is 0 Å². The van der Waals surface area contributed by atoms with Gasteiger partial charge in [0.05, 0.1) is 6.07 Å². The maximum atomic E-state index is 8.78. The third-order valence-electron chi connectivity index (χ3n) is 2.43. The molecule has 0 aliphatic carbocycles. The number of benzene rings is 1. The molecule has 1 aromatic rings. The molecule has 0 N–H and O–H groups in total. The van der Waals surface area contributed by atoms with Crippen molar-refractivity contribution in [3.8, 4) is 0 Å². The lowest BCUT2D eigenvalue weighted by atomic mass is 10.1. The van der Waals surface area contributed by atoms with Crippen LogP contribution in [0.4, 0.5) is 11.4 Å². The van der Waals surface area contributed by atoms with Gasteiger partial charge in [0.15, 0.2) is 4.98 Å². The number of hydrogen-bond donors (Lipinski definition) is 0. The Morgan fingerprint density at radius 3 is 2.43 bits per heavy atom. The van der Waals surface area contributed by atoms with Crippen molar-refractivity contribution in [2.75, 3.05) is 18.0 Å². The van der Waals surface area contributed by atoms with Gasteiger partial charge in [-0.25, -0.2) is 0 Å². The highest BCUT2D eigenvalue weighted by Crippen LogP contribution is 2.25. The summed E-state index contributed by atoms with van der Waals surface area (Å²) in [5.41, 5.74) is 2.74. The van der Waals surface area contributed by atoms with E-state index < -0.39 is 0 Å². The normalized spacial score (nSPS) is 9.57. The highest BCUT2D eigenvalue weighted by atomic mass is 15.1. The second-order valence-electron chi connectivity index (χ2n) is 3.24. The summed E-state index contributed by atoms with van der Waals surface area (Å²) >= 11 is 0. The van der Waals surface area contributed by atoms with Gasteiger partial charge in [-0.2, -0.15) is 0 Å². The zero-order valence-electron chi connectivity index (χ0n) is 8.99. The van der Waals surface area contributed by atoms with Crippen molar-refractivity contribution in [3.05, 3.63) is 28.7 Å². The fourth-order valence-electron chi connectivity index (χ4n) is 1.49. The zero-order valence-corrected chi connectivity index (χ0v) is 8.99. The number of rotatable bonds is 3. The molecule has 0 spiro atoms. The first-order chi connectivity index (χ1) is 6.72. The average Bonchev–Trinajstić information content (AvgIpc) is 2.22. The van der Waals surface area contributed by atoms with E-state index in [1.165, 1.54) is 0 Å². The van der Waals surface area contributed by atoms with E-state index in [1.54, 1.807) is 0 Å². The maximum absolute atomic E-state index is 8.78. The van der Waals surface area contributed by atoms with Gasteiger partial charge < -0.3 is 4.90 Å². The minimum absolute atomic E-state index is 0.648. The summed E-state index contributed by atoms with van der Waals surface area (Å²) < 4.78 is 0. The van der Waals surface area contributed by atoms with E-state index >= 15 is 0 Å². The van der Waals surface area contributed by atoms with Gasteiger partial charge in [-0.15, -0.1) is 0 Å². The number of anilines is 1. The van der Waals surface area contributed by atoms with Gasteiger partial charge in [0, 0.05) is 24.3 Å². The molecule has 0 radical (unpaired) electrons. The summed E-state index contributed by atoms with van der Waals surface area (Å²) in [5, 5.41) is 8.78. The molecule has 14 heavy (non-hydrogen) atoms. The molecule has 0 aromatic heterocycles. The molecule has 0 unspecified atom stereocenters. The van der Waals surface area contributed by atoms with Crippen LogP contribution in [0.5, 0.6) is 0 Å². The van der Waals surface area contributed by atoms with E-state index in [4.69, 9.17) is 5.39 Å². The third kappa shape index (κ3) is 2.02. The highest BCUT2D eigenvalue weighted by molar-refractivity contribution is 5.62. The van der Waals surface area contributed by atoms with Gasteiger partial charge in [0.2, 0.25) is 5.39 Å². The monoisotopic (exact) mass is 190 g/mol. The lowest BCUT2D eigenvalue weighted by Gasteiger charge is -2.20. The Morgan fingerprint density at radius 2 is 1.93 bits per heavy atom. The van der Waals surface area contributed by atoms with Crippen molar-refractivity contribution in [2.24, 2.45) is 0 Å². The SMILES string of the molecule is CCN(CC)c1ccc(C)c([N+]#N)c1. The predicted octanol–water partition coefficient (Wildman–Crippen LogP) is 3.33. The molecule has 0 amide bonds. The molecule has 0 saturated heterocycles. The topological polar surface area (TPSA) is 31.4 Å². The Hall–Kier alpha value is -1.56. The van der Waals surface area contributed by atoms with E-state index in [2.05, 4.69) is 29.8 Å². The standard InChI is InChI=1S/C11H16N3/c1-4-14(5-2)10-7-6-9(3)11(8-10)13-12/h6-8H,4-5H2,1-3H3/q+1. The maximum Gasteiger partial charge on any atom is 0.389 e. The summed E-state index contributed by atoms with van der Waals surface area (Å²) in [6, 6.07) is 5.93. The second kappa shape index (κ2) is 4.61. The molecule has 1 rings (SSSR count). The zero-order chi connectivity index (χ0) is 10.6. The van der Waals surface area contributed by atoms with Crippen LogP contribution >= 0.6 is 0 Å². The van der Waals surface area contributed by atoms with Crippen molar-refractivity contribution < 1.29 is 0 Å². The molecule has 0 fully saturated rings. The second-order valence-corrected chi connectivity index (χ2v) is 3.24. The molecule has 0 atom stereocenters. The first kappa shape index (κ1) is 10.5. The highest BCUT2D eigenvalue weighted by Gasteiger charge is 2.12. The lowest BCUT2D eigenvalue weighted by molar-refractivity contribution is 0.866. The summed E-state index contributed by atoms with van der Waals surface area (Å²) in [6.07, 6.45) is 0. The van der Waals surface area contributed by atoms with E-state index in [-0.39, 0.29) is 0 Å². The molecular formula is C11H16N3+.